The number of hydrogen-bond donors (Lipinski definition) is 2. The maximum Gasteiger partial charge on any atom is 0.0161 e. The lowest BCUT2D eigenvalue weighted by molar-refractivity contribution is 0.514. The molecule has 92 valence electrons. The fraction of sp³-hybridized carbons (Fsp3) is 1.00. The van der Waals surface area contributed by atoms with Gasteiger partial charge in [-0.15, -0.1) is 0 Å². The Hall–Kier alpha value is -0.0800. The molecular formula is C13H30N2. The van der Waals surface area contributed by atoms with E-state index < -0.39 is 0 Å². The summed E-state index contributed by atoms with van der Waals surface area (Å²) in [4.78, 5) is 0. The first-order chi connectivity index (χ1) is 7.31. The lowest BCUT2D eigenvalue weighted by Crippen LogP contribution is -2.33. The molecule has 0 saturated heterocycles. The van der Waals surface area contributed by atoms with Gasteiger partial charge < -0.3 is 11.1 Å². The summed E-state index contributed by atoms with van der Waals surface area (Å²) < 4.78 is 0. The van der Waals surface area contributed by atoms with Gasteiger partial charge in [-0.25, -0.2) is 0 Å². The molecule has 0 rings (SSSR count). The molecule has 0 unspecified atom stereocenters. The summed E-state index contributed by atoms with van der Waals surface area (Å²) in [7, 11) is 0. The molecular weight excluding hydrogens is 184 g/mol. The van der Waals surface area contributed by atoms with Crippen LogP contribution in [0.3, 0.4) is 0 Å². The van der Waals surface area contributed by atoms with E-state index in [1.165, 1.54) is 51.4 Å². The highest BCUT2D eigenvalue weighted by atomic mass is 14.9. The van der Waals surface area contributed by atoms with Crippen molar-refractivity contribution in [2.24, 2.45) is 5.73 Å². The molecule has 0 aromatic heterocycles. The van der Waals surface area contributed by atoms with Gasteiger partial charge in [-0.2, -0.15) is 0 Å². The Morgan fingerprint density at radius 1 is 0.933 bits per heavy atom. The van der Waals surface area contributed by atoms with Crippen molar-refractivity contribution in [3.63, 3.8) is 0 Å². The number of hydrogen-bond acceptors (Lipinski definition) is 2. The zero-order valence-electron chi connectivity index (χ0n) is 10.7. The quantitative estimate of drug-likeness (QED) is 0.519. The van der Waals surface area contributed by atoms with E-state index >= 15 is 0 Å². The molecule has 3 N–H and O–H groups in total. The number of nitrogens with one attached hydrogen (secondary N) is 1. The van der Waals surface area contributed by atoms with Gasteiger partial charge in [0.2, 0.25) is 0 Å². The van der Waals surface area contributed by atoms with E-state index in [4.69, 9.17) is 5.73 Å². The van der Waals surface area contributed by atoms with Gasteiger partial charge in [0.15, 0.2) is 0 Å². The molecule has 2 nitrogen and oxygen atoms in total. The van der Waals surface area contributed by atoms with Gasteiger partial charge in [0, 0.05) is 12.6 Å². The minimum Gasteiger partial charge on any atom is -0.329 e. The molecule has 0 aliphatic carbocycles. The van der Waals surface area contributed by atoms with Crippen LogP contribution >= 0.6 is 0 Å². The Morgan fingerprint density at radius 3 is 2.00 bits per heavy atom. The monoisotopic (exact) mass is 214 g/mol. The van der Waals surface area contributed by atoms with Crippen LogP contribution < -0.4 is 11.1 Å². The van der Waals surface area contributed by atoms with Gasteiger partial charge in [0.1, 0.15) is 0 Å². The molecule has 0 aliphatic heterocycles. The van der Waals surface area contributed by atoms with Gasteiger partial charge >= 0.3 is 0 Å². The van der Waals surface area contributed by atoms with Gasteiger partial charge in [-0.05, 0) is 19.9 Å². The Labute approximate surface area is 96.0 Å². The van der Waals surface area contributed by atoms with Crippen LogP contribution in [0.15, 0.2) is 0 Å². The molecule has 15 heavy (non-hydrogen) atoms. The standard InChI is InChI=1S/C13H30N2/c1-3-4-5-6-7-8-9-10-11-15-13(2)12-14/h13,15H,3-12,14H2,1-2H3/t13-/m0/s1. The highest BCUT2D eigenvalue weighted by Gasteiger charge is 1.96. The van der Waals surface area contributed by atoms with E-state index in [-0.39, 0.29) is 0 Å². The maximum atomic E-state index is 5.52. The van der Waals surface area contributed by atoms with E-state index in [9.17, 15) is 0 Å². The Bertz CT molecular complexity index is 115. The summed E-state index contributed by atoms with van der Waals surface area (Å²) in [6, 6.07) is 0.481. The van der Waals surface area contributed by atoms with Crippen molar-refractivity contribution in [1.29, 1.82) is 0 Å². The van der Waals surface area contributed by atoms with Crippen molar-refractivity contribution in [1.82, 2.24) is 5.32 Å². The van der Waals surface area contributed by atoms with Crippen LogP contribution in [0.2, 0.25) is 0 Å². The first kappa shape index (κ1) is 14.9. The SMILES string of the molecule is CCCCCCCCCCN[C@@H](C)CN. The zero-order chi connectivity index (χ0) is 11.4. The largest absolute Gasteiger partial charge is 0.329 e. The molecule has 0 spiro atoms. The van der Waals surface area contributed by atoms with Crippen molar-refractivity contribution in [3.05, 3.63) is 0 Å². The molecule has 0 bridgehead atoms. The topological polar surface area (TPSA) is 38.0 Å². The summed E-state index contributed by atoms with van der Waals surface area (Å²) in [5.74, 6) is 0. The van der Waals surface area contributed by atoms with Crippen LogP contribution in [-0.2, 0) is 0 Å². The summed E-state index contributed by atoms with van der Waals surface area (Å²) >= 11 is 0. The average Bonchev–Trinajstić information content (AvgIpc) is 2.26. The Kier molecular flexibility index (Phi) is 11.9. The molecule has 0 radical (unpaired) electrons. The number of unbranched alkanes of at least 4 members (excludes halogenated alkanes) is 7. The predicted octanol–water partition coefficient (Wildman–Crippen LogP) is 3.06. The first-order valence-electron chi connectivity index (χ1n) is 6.74. The molecule has 0 aromatic carbocycles. The van der Waals surface area contributed by atoms with Crippen LogP contribution in [0.5, 0.6) is 0 Å². The second kappa shape index (κ2) is 12.0. The summed E-state index contributed by atoms with van der Waals surface area (Å²) in [5.41, 5.74) is 5.52. The molecule has 0 saturated carbocycles. The minimum absolute atomic E-state index is 0.481. The van der Waals surface area contributed by atoms with Crippen LogP contribution in [-0.4, -0.2) is 19.1 Å². The number of rotatable bonds is 11. The molecule has 0 aromatic rings. The normalized spacial score (nSPS) is 13.0. The molecule has 1 atom stereocenters. The maximum absolute atomic E-state index is 5.52. The minimum atomic E-state index is 0.481. The molecule has 0 heterocycles. The average molecular weight is 214 g/mol. The predicted molar refractivity (Wildman–Crippen MR) is 69.1 cm³/mol. The molecule has 0 amide bonds. The Balaban J connectivity index is 2.92. The summed E-state index contributed by atoms with van der Waals surface area (Å²) in [6.07, 6.45) is 11.1. The van der Waals surface area contributed by atoms with Crippen LogP contribution in [0.25, 0.3) is 0 Å². The zero-order valence-corrected chi connectivity index (χ0v) is 10.7. The highest BCUT2D eigenvalue weighted by Crippen LogP contribution is 2.07. The van der Waals surface area contributed by atoms with E-state index in [0.717, 1.165) is 13.1 Å². The number of nitrogens with two attached hydrogens (primary N) is 1. The van der Waals surface area contributed by atoms with E-state index in [2.05, 4.69) is 19.2 Å². The van der Waals surface area contributed by atoms with E-state index in [1.807, 2.05) is 0 Å². The fourth-order valence-electron chi connectivity index (χ4n) is 1.69. The fourth-order valence-corrected chi connectivity index (χ4v) is 1.69. The van der Waals surface area contributed by atoms with Gasteiger partial charge in [0.05, 0.1) is 0 Å². The third kappa shape index (κ3) is 11.8. The van der Waals surface area contributed by atoms with Crippen LogP contribution in [0.4, 0.5) is 0 Å². The lowest BCUT2D eigenvalue weighted by atomic mass is 10.1. The van der Waals surface area contributed by atoms with Gasteiger partial charge in [-0.3, -0.25) is 0 Å². The van der Waals surface area contributed by atoms with Gasteiger partial charge in [0.25, 0.3) is 0 Å². The van der Waals surface area contributed by atoms with Crippen molar-refractivity contribution >= 4 is 0 Å². The molecule has 0 fully saturated rings. The molecule has 2 heteroatoms. The van der Waals surface area contributed by atoms with Crippen molar-refractivity contribution in [2.75, 3.05) is 13.1 Å². The Morgan fingerprint density at radius 2 is 1.47 bits per heavy atom. The summed E-state index contributed by atoms with van der Waals surface area (Å²) in [6.45, 7) is 6.29. The first-order valence-corrected chi connectivity index (χ1v) is 6.74. The van der Waals surface area contributed by atoms with Gasteiger partial charge in [-0.1, -0.05) is 51.9 Å². The highest BCUT2D eigenvalue weighted by molar-refractivity contribution is 4.60. The second-order valence-corrected chi connectivity index (χ2v) is 4.57. The van der Waals surface area contributed by atoms with Crippen LogP contribution in [0, 0.1) is 0 Å². The third-order valence-electron chi connectivity index (χ3n) is 2.88. The van der Waals surface area contributed by atoms with E-state index in [1.54, 1.807) is 0 Å². The summed E-state index contributed by atoms with van der Waals surface area (Å²) in [5, 5.41) is 3.42. The van der Waals surface area contributed by atoms with Crippen molar-refractivity contribution in [2.45, 2.75) is 71.3 Å². The lowest BCUT2D eigenvalue weighted by Gasteiger charge is -2.10. The third-order valence-corrected chi connectivity index (χ3v) is 2.88. The second-order valence-electron chi connectivity index (χ2n) is 4.57. The molecule has 0 aliphatic rings. The van der Waals surface area contributed by atoms with Crippen molar-refractivity contribution in [3.8, 4) is 0 Å². The smallest absolute Gasteiger partial charge is 0.0161 e. The van der Waals surface area contributed by atoms with Crippen molar-refractivity contribution < 1.29 is 0 Å². The van der Waals surface area contributed by atoms with E-state index in [0.29, 0.717) is 6.04 Å². The van der Waals surface area contributed by atoms with Crippen LogP contribution in [0.1, 0.15) is 65.2 Å².